The molecule has 5 rings (SSSR count). The minimum Gasteiger partial charge on any atom is -0.508 e. The van der Waals surface area contributed by atoms with Gasteiger partial charge in [-0.15, -0.1) is 11.8 Å². The summed E-state index contributed by atoms with van der Waals surface area (Å²) < 4.78 is 0. The number of rotatable bonds is 7. The van der Waals surface area contributed by atoms with Gasteiger partial charge in [-0.1, -0.05) is 27.2 Å². The average molecular weight is 903 g/mol. The lowest BCUT2D eigenvalue weighted by molar-refractivity contribution is -0.144. The number of primary amides is 1. The lowest BCUT2D eigenvalue weighted by Gasteiger charge is -2.32. The highest BCUT2D eigenvalue weighted by molar-refractivity contribution is 7.99. The Morgan fingerprint density at radius 2 is 1.56 bits per heavy atom. The number of phenols is 1. The van der Waals surface area contributed by atoms with Gasteiger partial charge in [0.05, 0.1) is 48.9 Å². The minimum atomic E-state index is -1.75. The Bertz CT molecular complexity index is 2120. The summed E-state index contributed by atoms with van der Waals surface area (Å²) in [5, 5.41) is 59.9. The molecule has 1 aromatic heterocycles. The fourth-order valence-electron chi connectivity index (χ4n) is 7.56. The number of amides is 9. The first-order valence-corrected chi connectivity index (χ1v) is 21.4. The van der Waals surface area contributed by atoms with Crippen molar-refractivity contribution in [2.45, 2.75) is 99.9 Å². The number of aromatic amines is 1. The van der Waals surface area contributed by atoms with Crippen LogP contribution in [0.5, 0.6) is 5.75 Å². The molecule has 24 heteroatoms. The zero-order chi connectivity index (χ0) is 46.3. The third kappa shape index (κ3) is 11.7. The number of aromatic hydroxyl groups is 1. The molecule has 344 valence electrons. The molecule has 9 amide bonds. The highest BCUT2D eigenvalue weighted by Crippen LogP contribution is 2.33. The maximum absolute atomic E-state index is 14.4. The first-order chi connectivity index (χ1) is 29.8. The first-order valence-electron chi connectivity index (χ1n) is 20.4. The number of H-pyrrole nitrogens is 1. The number of nitrogens with zero attached hydrogens (tertiary/aromatic N) is 1. The molecule has 14 N–H and O–H groups in total. The standard InChI is InChI=1S/C39H54N10O13S/c1-4-16(2)31-36(60)42-11-29(55)43-25-15-63-38-21(20-6-5-18(51)7-22(20)46-38)9-23(33(57)41-12-30(56)47-31)44-37(61)32(17(3)27(53)14-50)48-35(59)26-8-19(52)13-49(26)39(62)24(10-28(40)54)45-34(25)58/h5-7,16-17,19,23-27,31-32,46,50-53H,4,8-15H2,1-3H3,(H2,40,54)(H,41,57)(H,42,60)(H,43,55)(H,44,61)(H,45,58)(H,47,56)(H,48,59)/t16-,17-,19?,23?,24-,25-,26-,27-,31-,32-/m0/s1. The Labute approximate surface area is 364 Å². The molecule has 3 aliphatic heterocycles. The van der Waals surface area contributed by atoms with Crippen LogP contribution in [0.1, 0.15) is 45.6 Å². The maximum atomic E-state index is 14.4. The molecule has 3 aliphatic rings. The maximum Gasteiger partial charge on any atom is 0.246 e. The van der Waals surface area contributed by atoms with E-state index in [0.29, 0.717) is 22.9 Å². The Hall–Kier alpha value is -5.98. The van der Waals surface area contributed by atoms with E-state index in [4.69, 9.17) is 5.73 Å². The van der Waals surface area contributed by atoms with Gasteiger partial charge in [0.25, 0.3) is 0 Å². The summed E-state index contributed by atoms with van der Waals surface area (Å²) >= 11 is 0.949. The summed E-state index contributed by atoms with van der Waals surface area (Å²) in [6.45, 7) is 2.08. The highest BCUT2D eigenvalue weighted by atomic mass is 32.2. The molecule has 23 nitrogen and oxygen atoms in total. The molecule has 2 bridgehead atoms. The molecule has 1 fully saturated rings. The number of aliphatic hydroxyl groups excluding tert-OH is 3. The van der Waals surface area contributed by atoms with Crippen LogP contribution in [0.4, 0.5) is 0 Å². The second-order valence-corrected chi connectivity index (χ2v) is 17.0. The summed E-state index contributed by atoms with van der Waals surface area (Å²) in [6.07, 6.45) is -4.01. The number of carbonyl (C=O) groups excluding carboxylic acids is 9. The summed E-state index contributed by atoms with van der Waals surface area (Å²) in [4.78, 5) is 128. The lowest BCUT2D eigenvalue weighted by atomic mass is 9.93. The molecular weight excluding hydrogens is 849 g/mol. The van der Waals surface area contributed by atoms with Crippen molar-refractivity contribution in [2.75, 3.05) is 32.0 Å². The summed E-state index contributed by atoms with van der Waals surface area (Å²) in [7, 11) is 0. The minimum absolute atomic E-state index is 0.146. The van der Waals surface area contributed by atoms with Gasteiger partial charge in [0.2, 0.25) is 53.2 Å². The highest BCUT2D eigenvalue weighted by Gasteiger charge is 2.45. The van der Waals surface area contributed by atoms with Crippen molar-refractivity contribution in [3.63, 3.8) is 0 Å². The van der Waals surface area contributed by atoms with Gasteiger partial charge >= 0.3 is 0 Å². The van der Waals surface area contributed by atoms with Crippen LogP contribution in [0.2, 0.25) is 0 Å². The summed E-state index contributed by atoms with van der Waals surface area (Å²) in [6, 6.07) is -5.00. The van der Waals surface area contributed by atoms with Crippen molar-refractivity contribution in [1.29, 1.82) is 0 Å². The zero-order valence-electron chi connectivity index (χ0n) is 34.8. The fourth-order valence-corrected chi connectivity index (χ4v) is 8.68. The van der Waals surface area contributed by atoms with E-state index < -0.39 is 146 Å². The van der Waals surface area contributed by atoms with Gasteiger partial charge in [-0.25, -0.2) is 0 Å². The van der Waals surface area contributed by atoms with Crippen molar-refractivity contribution in [3.8, 4) is 5.75 Å². The number of hydrogen-bond acceptors (Lipinski definition) is 14. The van der Waals surface area contributed by atoms with Crippen LogP contribution in [0.25, 0.3) is 10.9 Å². The molecule has 2 aromatic rings. The van der Waals surface area contributed by atoms with Gasteiger partial charge in [0.15, 0.2) is 0 Å². The van der Waals surface area contributed by atoms with E-state index in [1.165, 1.54) is 25.1 Å². The number of fused-ring (bicyclic) bond motifs is 5. The van der Waals surface area contributed by atoms with E-state index in [9.17, 15) is 63.6 Å². The van der Waals surface area contributed by atoms with E-state index in [-0.39, 0.29) is 29.4 Å². The van der Waals surface area contributed by atoms with Crippen LogP contribution in [-0.4, -0.2) is 164 Å². The van der Waals surface area contributed by atoms with Crippen molar-refractivity contribution in [3.05, 3.63) is 23.8 Å². The molecule has 4 heterocycles. The van der Waals surface area contributed by atoms with Gasteiger partial charge in [-0.05, 0) is 23.6 Å². The largest absolute Gasteiger partial charge is 0.508 e. The number of carbonyl (C=O) groups is 9. The number of thioether (sulfide) groups is 1. The first kappa shape index (κ1) is 48.1. The van der Waals surface area contributed by atoms with Crippen LogP contribution in [0, 0.1) is 11.8 Å². The molecule has 0 spiro atoms. The Balaban J connectivity index is 1.70. The third-order valence-corrected chi connectivity index (χ3v) is 12.5. The number of phenolic OH excluding ortho intramolecular Hbond substituents is 1. The predicted molar refractivity (Wildman–Crippen MR) is 222 cm³/mol. The van der Waals surface area contributed by atoms with Crippen LogP contribution in [0.3, 0.4) is 0 Å². The van der Waals surface area contributed by atoms with Gasteiger partial charge in [0.1, 0.15) is 42.0 Å². The lowest BCUT2D eigenvalue weighted by Crippen LogP contribution is -2.62. The Morgan fingerprint density at radius 1 is 0.873 bits per heavy atom. The molecule has 1 saturated heterocycles. The van der Waals surface area contributed by atoms with E-state index in [2.05, 4.69) is 42.2 Å². The average Bonchev–Trinajstić information content (AvgIpc) is 3.80. The normalized spacial score (nSPS) is 27.6. The summed E-state index contributed by atoms with van der Waals surface area (Å²) in [5.74, 6) is -10.7. The number of hydrogen-bond donors (Lipinski definition) is 13. The predicted octanol–water partition coefficient (Wildman–Crippen LogP) is -4.94. The fraction of sp³-hybridized carbons (Fsp3) is 0.564. The SMILES string of the molecule is CC[C@H](C)[C@@H]1NC(=O)CNC(=O)C2Cc3c([nH]c4cc(O)ccc34)SC[C@H](NC(=O)CNC1=O)C(=O)N[C@@H](CC(N)=O)C(=O)N1CC(O)C[C@H]1C(=O)N[C@@H]([C@@H](C)[C@@H](O)CO)C(=O)N2. The zero-order valence-corrected chi connectivity index (χ0v) is 35.6. The van der Waals surface area contributed by atoms with E-state index in [1.54, 1.807) is 13.8 Å². The number of aliphatic hydroxyl groups is 3. The second-order valence-electron chi connectivity index (χ2n) is 15.9. The molecule has 0 aliphatic carbocycles. The van der Waals surface area contributed by atoms with E-state index in [0.717, 1.165) is 16.7 Å². The molecular formula is C39H54N10O13S. The van der Waals surface area contributed by atoms with Gasteiger partial charge in [-0.3, -0.25) is 43.2 Å². The number of nitrogens with one attached hydrogen (secondary N) is 8. The molecule has 0 saturated carbocycles. The van der Waals surface area contributed by atoms with Crippen molar-refractivity contribution >= 4 is 75.8 Å². The Morgan fingerprint density at radius 3 is 2.22 bits per heavy atom. The topological polar surface area (TPSA) is 364 Å². The van der Waals surface area contributed by atoms with Gasteiger partial charge < -0.3 is 73.3 Å². The van der Waals surface area contributed by atoms with Gasteiger partial charge in [0, 0.05) is 42.5 Å². The van der Waals surface area contributed by atoms with Gasteiger partial charge in [-0.2, -0.15) is 0 Å². The van der Waals surface area contributed by atoms with E-state index >= 15 is 0 Å². The van der Waals surface area contributed by atoms with Crippen LogP contribution in [-0.2, 0) is 49.6 Å². The third-order valence-electron chi connectivity index (χ3n) is 11.4. The van der Waals surface area contributed by atoms with Crippen LogP contribution < -0.4 is 43.0 Å². The van der Waals surface area contributed by atoms with E-state index in [1.807, 2.05) is 0 Å². The molecule has 1 aromatic carbocycles. The molecule has 2 unspecified atom stereocenters. The Kier molecular flexibility index (Phi) is 16.0. The number of aromatic nitrogens is 1. The molecule has 0 radical (unpaired) electrons. The van der Waals surface area contributed by atoms with Crippen molar-refractivity contribution < 1.29 is 63.6 Å². The number of nitrogens with two attached hydrogens (primary N) is 1. The van der Waals surface area contributed by atoms with Crippen LogP contribution in [0.15, 0.2) is 23.2 Å². The smallest absolute Gasteiger partial charge is 0.246 e. The quantitative estimate of drug-likeness (QED) is 0.124. The number of benzene rings is 1. The second kappa shape index (κ2) is 20.9. The molecule has 10 atom stereocenters. The van der Waals surface area contributed by atoms with Crippen molar-refractivity contribution in [1.82, 2.24) is 47.1 Å². The van der Waals surface area contributed by atoms with Crippen molar-refractivity contribution in [2.24, 2.45) is 17.6 Å². The summed E-state index contributed by atoms with van der Waals surface area (Å²) in [5.41, 5.74) is 6.19. The van der Waals surface area contributed by atoms with Crippen LogP contribution >= 0.6 is 11.8 Å². The monoisotopic (exact) mass is 902 g/mol. The molecule has 63 heavy (non-hydrogen) atoms.